The molecule has 1 aromatic rings. The first-order valence-corrected chi connectivity index (χ1v) is 5.44. The van der Waals surface area contributed by atoms with Crippen LogP contribution in [-0.2, 0) is 4.79 Å². The summed E-state index contributed by atoms with van der Waals surface area (Å²) < 4.78 is 12.8. The standard InChI is InChI=1S/C12H13FN2O2/c1-8-6-11(16)15(12(17)14-7-8)10-4-2-9(13)3-5-10/h2-5,8H,6-7H2,1H3,(H,14,17). The van der Waals surface area contributed by atoms with Gasteiger partial charge in [0.25, 0.3) is 0 Å². The number of imide groups is 1. The Morgan fingerprint density at radius 3 is 2.59 bits per heavy atom. The second kappa shape index (κ2) is 4.53. The van der Waals surface area contributed by atoms with Crippen LogP contribution in [0.15, 0.2) is 24.3 Å². The van der Waals surface area contributed by atoms with E-state index >= 15 is 0 Å². The summed E-state index contributed by atoms with van der Waals surface area (Å²) in [5, 5.41) is 2.66. The maximum atomic E-state index is 12.8. The van der Waals surface area contributed by atoms with E-state index in [4.69, 9.17) is 0 Å². The van der Waals surface area contributed by atoms with Crippen molar-refractivity contribution in [1.29, 1.82) is 0 Å². The molecule has 2 rings (SSSR count). The summed E-state index contributed by atoms with van der Waals surface area (Å²) in [6, 6.07) is 4.84. The largest absolute Gasteiger partial charge is 0.337 e. The number of amides is 3. The van der Waals surface area contributed by atoms with Gasteiger partial charge in [-0.2, -0.15) is 0 Å². The molecule has 1 unspecified atom stereocenters. The third kappa shape index (κ3) is 2.43. The van der Waals surface area contributed by atoms with Crippen molar-refractivity contribution in [1.82, 2.24) is 5.32 Å². The Morgan fingerprint density at radius 1 is 1.29 bits per heavy atom. The average molecular weight is 236 g/mol. The van der Waals surface area contributed by atoms with Crippen molar-refractivity contribution in [2.45, 2.75) is 13.3 Å². The van der Waals surface area contributed by atoms with Gasteiger partial charge in [0.15, 0.2) is 0 Å². The highest BCUT2D eigenvalue weighted by atomic mass is 19.1. The lowest BCUT2D eigenvalue weighted by Gasteiger charge is -2.18. The Kier molecular flexibility index (Phi) is 3.08. The summed E-state index contributed by atoms with van der Waals surface area (Å²) in [5.74, 6) is -0.555. The van der Waals surface area contributed by atoms with E-state index in [2.05, 4.69) is 5.32 Å². The molecule has 1 heterocycles. The van der Waals surface area contributed by atoms with Gasteiger partial charge in [-0.15, -0.1) is 0 Å². The lowest BCUT2D eigenvalue weighted by molar-refractivity contribution is -0.118. The Hall–Kier alpha value is -1.91. The highest BCUT2D eigenvalue weighted by molar-refractivity contribution is 6.14. The van der Waals surface area contributed by atoms with E-state index in [0.717, 1.165) is 4.90 Å². The lowest BCUT2D eigenvalue weighted by Crippen LogP contribution is -2.41. The molecule has 1 fully saturated rings. The van der Waals surface area contributed by atoms with Crippen molar-refractivity contribution in [2.24, 2.45) is 5.92 Å². The van der Waals surface area contributed by atoms with Crippen molar-refractivity contribution >= 4 is 17.6 Å². The molecular formula is C12H13FN2O2. The van der Waals surface area contributed by atoms with Gasteiger partial charge in [0.2, 0.25) is 5.91 Å². The SMILES string of the molecule is CC1CNC(=O)N(c2ccc(F)cc2)C(=O)C1. The van der Waals surface area contributed by atoms with Gasteiger partial charge in [0.05, 0.1) is 5.69 Å². The number of nitrogens with one attached hydrogen (secondary N) is 1. The molecule has 1 saturated heterocycles. The molecular weight excluding hydrogens is 223 g/mol. The van der Waals surface area contributed by atoms with Crippen LogP contribution < -0.4 is 10.2 Å². The number of nitrogens with zero attached hydrogens (tertiary/aromatic N) is 1. The monoisotopic (exact) mass is 236 g/mol. The third-order valence-corrected chi connectivity index (χ3v) is 2.66. The van der Waals surface area contributed by atoms with Crippen LogP contribution in [0.25, 0.3) is 0 Å². The summed E-state index contributed by atoms with van der Waals surface area (Å²) in [5.41, 5.74) is 0.392. The molecule has 0 bridgehead atoms. The molecule has 90 valence electrons. The van der Waals surface area contributed by atoms with Crippen LogP contribution in [0.2, 0.25) is 0 Å². The van der Waals surface area contributed by atoms with Gasteiger partial charge in [0.1, 0.15) is 5.82 Å². The van der Waals surface area contributed by atoms with Crippen LogP contribution in [0.5, 0.6) is 0 Å². The summed E-state index contributed by atoms with van der Waals surface area (Å²) in [6.07, 6.45) is 0.302. The molecule has 0 aromatic heterocycles. The first-order valence-electron chi connectivity index (χ1n) is 5.44. The van der Waals surface area contributed by atoms with E-state index in [-0.39, 0.29) is 11.8 Å². The molecule has 1 aromatic carbocycles. The molecule has 1 atom stereocenters. The first-order chi connectivity index (χ1) is 8.08. The fraction of sp³-hybridized carbons (Fsp3) is 0.333. The number of benzene rings is 1. The summed E-state index contributed by atoms with van der Waals surface area (Å²) in [7, 11) is 0. The molecule has 0 radical (unpaired) electrons. The Labute approximate surface area is 98.4 Å². The number of halogens is 1. The van der Waals surface area contributed by atoms with Gasteiger partial charge in [-0.1, -0.05) is 6.92 Å². The van der Waals surface area contributed by atoms with Crippen molar-refractivity contribution in [3.05, 3.63) is 30.1 Å². The predicted octanol–water partition coefficient (Wildman–Crippen LogP) is 1.91. The zero-order valence-electron chi connectivity index (χ0n) is 9.44. The van der Waals surface area contributed by atoms with Crippen LogP contribution in [0.3, 0.4) is 0 Å². The van der Waals surface area contributed by atoms with Gasteiger partial charge >= 0.3 is 6.03 Å². The minimum atomic E-state index is -0.453. The van der Waals surface area contributed by atoms with Crippen LogP contribution >= 0.6 is 0 Å². The summed E-state index contributed by atoms with van der Waals surface area (Å²) in [4.78, 5) is 24.7. The van der Waals surface area contributed by atoms with Crippen molar-refractivity contribution in [3.63, 3.8) is 0 Å². The average Bonchev–Trinajstić information content (AvgIpc) is 2.40. The van der Waals surface area contributed by atoms with Gasteiger partial charge < -0.3 is 5.32 Å². The molecule has 17 heavy (non-hydrogen) atoms. The third-order valence-electron chi connectivity index (χ3n) is 2.66. The molecule has 1 aliphatic heterocycles. The Bertz CT molecular complexity index is 444. The van der Waals surface area contributed by atoms with Gasteiger partial charge in [-0.3, -0.25) is 4.79 Å². The highest BCUT2D eigenvalue weighted by Crippen LogP contribution is 2.19. The first kappa shape index (κ1) is 11.6. The number of hydrogen-bond donors (Lipinski definition) is 1. The smallest absolute Gasteiger partial charge is 0.328 e. The Balaban J connectivity index is 2.31. The number of carbonyl (C=O) groups excluding carboxylic acids is 2. The molecule has 1 aliphatic rings. The van der Waals surface area contributed by atoms with Crippen LogP contribution in [0, 0.1) is 11.7 Å². The molecule has 3 amide bonds. The van der Waals surface area contributed by atoms with E-state index in [1.807, 2.05) is 6.92 Å². The number of hydrogen-bond acceptors (Lipinski definition) is 2. The number of anilines is 1. The summed E-state index contributed by atoms with van der Waals surface area (Å²) >= 11 is 0. The number of urea groups is 1. The molecule has 5 heteroatoms. The predicted molar refractivity (Wildman–Crippen MR) is 61.1 cm³/mol. The van der Waals surface area contributed by atoms with Gasteiger partial charge in [-0.25, -0.2) is 14.1 Å². The van der Waals surface area contributed by atoms with E-state index in [9.17, 15) is 14.0 Å². The minimum Gasteiger partial charge on any atom is -0.337 e. The summed E-state index contributed by atoms with van der Waals surface area (Å²) in [6.45, 7) is 2.37. The molecule has 1 N–H and O–H groups in total. The number of rotatable bonds is 1. The normalized spacial score (nSPS) is 21.1. The van der Waals surface area contributed by atoms with Crippen molar-refractivity contribution in [3.8, 4) is 0 Å². The topological polar surface area (TPSA) is 49.4 Å². The highest BCUT2D eigenvalue weighted by Gasteiger charge is 2.28. The van der Waals surface area contributed by atoms with Crippen LogP contribution in [-0.4, -0.2) is 18.5 Å². The Morgan fingerprint density at radius 2 is 1.94 bits per heavy atom. The fourth-order valence-corrected chi connectivity index (χ4v) is 1.77. The van der Waals surface area contributed by atoms with Gasteiger partial charge in [0, 0.05) is 13.0 Å². The molecule has 0 aliphatic carbocycles. The maximum Gasteiger partial charge on any atom is 0.328 e. The van der Waals surface area contributed by atoms with Gasteiger partial charge in [-0.05, 0) is 30.2 Å². The number of carbonyl (C=O) groups is 2. The fourth-order valence-electron chi connectivity index (χ4n) is 1.77. The zero-order chi connectivity index (χ0) is 12.4. The second-order valence-electron chi connectivity index (χ2n) is 4.20. The molecule has 4 nitrogen and oxygen atoms in total. The van der Waals surface area contributed by atoms with E-state index in [1.54, 1.807) is 0 Å². The van der Waals surface area contributed by atoms with Crippen LogP contribution in [0.1, 0.15) is 13.3 Å². The molecule has 0 spiro atoms. The minimum absolute atomic E-state index is 0.108. The zero-order valence-corrected chi connectivity index (χ0v) is 9.44. The quantitative estimate of drug-likeness (QED) is 0.809. The van der Waals surface area contributed by atoms with Crippen molar-refractivity contribution < 1.29 is 14.0 Å². The van der Waals surface area contributed by atoms with Crippen molar-refractivity contribution in [2.75, 3.05) is 11.4 Å². The second-order valence-corrected chi connectivity index (χ2v) is 4.20. The lowest BCUT2D eigenvalue weighted by atomic mass is 10.1. The van der Waals surface area contributed by atoms with E-state index in [1.165, 1.54) is 24.3 Å². The maximum absolute atomic E-state index is 12.8. The van der Waals surface area contributed by atoms with E-state index < -0.39 is 11.8 Å². The van der Waals surface area contributed by atoms with Crippen LogP contribution in [0.4, 0.5) is 14.9 Å². The molecule has 0 saturated carbocycles. The van der Waals surface area contributed by atoms with E-state index in [0.29, 0.717) is 18.7 Å².